The lowest BCUT2D eigenvalue weighted by Crippen LogP contribution is -2.53. The van der Waals surface area contributed by atoms with Gasteiger partial charge in [0, 0.05) is 37.9 Å². The van der Waals surface area contributed by atoms with Crippen LogP contribution in [-0.2, 0) is 9.59 Å². The van der Waals surface area contributed by atoms with E-state index < -0.39 is 11.8 Å². The molecule has 2 rings (SSSR count). The molecule has 1 heterocycles. The van der Waals surface area contributed by atoms with E-state index in [4.69, 9.17) is 4.74 Å². The summed E-state index contributed by atoms with van der Waals surface area (Å²) in [5, 5.41) is 2.72. The maximum atomic E-state index is 12.2. The number of carbonyl (C=O) groups excluding carboxylic acids is 2. The molecule has 1 saturated heterocycles. The van der Waals surface area contributed by atoms with Gasteiger partial charge in [-0.15, -0.1) is 0 Å². The molecule has 0 bridgehead atoms. The van der Waals surface area contributed by atoms with E-state index in [0.29, 0.717) is 26.2 Å². The number of ether oxygens (including phenoxy) is 1. The first-order valence-corrected chi connectivity index (χ1v) is 8.04. The molecule has 0 spiro atoms. The number of nitrogens with one attached hydrogen (secondary N) is 1. The van der Waals surface area contributed by atoms with Crippen molar-refractivity contribution in [3.63, 3.8) is 0 Å². The highest BCUT2D eigenvalue weighted by Crippen LogP contribution is 2.20. The van der Waals surface area contributed by atoms with Crippen molar-refractivity contribution in [1.82, 2.24) is 10.2 Å². The van der Waals surface area contributed by atoms with Crippen molar-refractivity contribution < 1.29 is 14.3 Å². The predicted octanol–water partition coefficient (Wildman–Crippen LogP) is 1.26. The second-order valence-electron chi connectivity index (χ2n) is 5.76. The quantitative estimate of drug-likeness (QED) is 0.849. The van der Waals surface area contributed by atoms with E-state index in [1.54, 1.807) is 12.0 Å². The average molecular weight is 319 g/mol. The molecule has 0 radical (unpaired) electrons. The summed E-state index contributed by atoms with van der Waals surface area (Å²) in [4.78, 5) is 27.9. The Balaban J connectivity index is 1.87. The summed E-state index contributed by atoms with van der Waals surface area (Å²) in [5.74, 6) is -0.110. The fourth-order valence-corrected chi connectivity index (χ4v) is 2.49. The van der Waals surface area contributed by atoms with Crippen molar-refractivity contribution in [2.24, 2.45) is 0 Å². The van der Waals surface area contributed by atoms with Crippen LogP contribution in [0, 0.1) is 0 Å². The molecular formula is C17H25N3O3. The summed E-state index contributed by atoms with van der Waals surface area (Å²) in [6, 6.07) is 7.88. The fraction of sp³-hybridized carbons (Fsp3) is 0.529. The normalized spacial score (nSPS) is 16.0. The van der Waals surface area contributed by atoms with Gasteiger partial charge in [-0.2, -0.15) is 0 Å². The zero-order valence-electron chi connectivity index (χ0n) is 14.0. The van der Waals surface area contributed by atoms with Crippen LogP contribution < -0.4 is 15.0 Å². The minimum absolute atomic E-state index is 0.0204. The highest BCUT2D eigenvalue weighted by molar-refractivity contribution is 6.35. The first-order valence-electron chi connectivity index (χ1n) is 8.04. The van der Waals surface area contributed by atoms with E-state index in [1.165, 1.54) is 0 Å². The number of nitrogens with zero attached hydrogens (tertiary/aromatic N) is 2. The first-order chi connectivity index (χ1) is 11.0. The molecule has 1 atom stereocenters. The molecule has 1 unspecified atom stereocenters. The standard InChI is InChI=1S/C17H25N3O3/c1-4-13(2)18-16(21)17(22)20-11-9-19(10-12-20)14-5-7-15(23-3)8-6-14/h5-8,13H,4,9-12H2,1-3H3,(H,18,21). The zero-order chi connectivity index (χ0) is 16.8. The summed E-state index contributed by atoms with van der Waals surface area (Å²) in [7, 11) is 1.64. The van der Waals surface area contributed by atoms with Crippen molar-refractivity contribution in [3.8, 4) is 5.75 Å². The second kappa shape index (κ2) is 7.85. The Morgan fingerprint density at radius 3 is 2.30 bits per heavy atom. The van der Waals surface area contributed by atoms with E-state index in [2.05, 4.69) is 10.2 Å². The van der Waals surface area contributed by atoms with Gasteiger partial charge in [-0.25, -0.2) is 0 Å². The second-order valence-corrected chi connectivity index (χ2v) is 5.76. The Morgan fingerprint density at radius 2 is 1.78 bits per heavy atom. The smallest absolute Gasteiger partial charge is 0.312 e. The van der Waals surface area contributed by atoms with Crippen molar-refractivity contribution in [1.29, 1.82) is 0 Å². The molecule has 1 aliphatic heterocycles. The summed E-state index contributed by atoms with van der Waals surface area (Å²) in [6.07, 6.45) is 0.810. The molecule has 1 aliphatic rings. The van der Waals surface area contributed by atoms with Gasteiger partial charge in [-0.3, -0.25) is 9.59 Å². The van der Waals surface area contributed by atoms with Gasteiger partial charge in [0.1, 0.15) is 5.75 Å². The molecule has 0 aliphatic carbocycles. The number of methoxy groups -OCH3 is 1. The first kappa shape index (κ1) is 17.1. The highest BCUT2D eigenvalue weighted by atomic mass is 16.5. The lowest BCUT2D eigenvalue weighted by atomic mass is 10.2. The third-order valence-corrected chi connectivity index (χ3v) is 4.19. The van der Waals surface area contributed by atoms with Crippen LogP contribution in [0.3, 0.4) is 0 Å². The average Bonchev–Trinajstić information content (AvgIpc) is 2.61. The van der Waals surface area contributed by atoms with Crippen LogP contribution in [0.4, 0.5) is 5.69 Å². The monoisotopic (exact) mass is 319 g/mol. The Hall–Kier alpha value is -2.24. The molecule has 2 amide bonds. The van der Waals surface area contributed by atoms with Gasteiger partial charge in [0.2, 0.25) is 0 Å². The van der Waals surface area contributed by atoms with Crippen LogP contribution >= 0.6 is 0 Å². The van der Waals surface area contributed by atoms with E-state index in [0.717, 1.165) is 17.9 Å². The summed E-state index contributed by atoms with van der Waals surface area (Å²) in [5.41, 5.74) is 1.10. The van der Waals surface area contributed by atoms with Crippen molar-refractivity contribution >= 4 is 17.5 Å². The number of rotatable bonds is 4. The molecule has 6 heteroatoms. The Bertz CT molecular complexity index is 537. The van der Waals surface area contributed by atoms with E-state index in [-0.39, 0.29) is 6.04 Å². The predicted molar refractivity (Wildman–Crippen MR) is 89.7 cm³/mol. The number of benzene rings is 1. The van der Waals surface area contributed by atoms with Crippen LogP contribution in [-0.4, -0.2) is 56.0 Å². The van der Waals surface area contributed by atoms with E-state index in [1.807, 2.05) is 38.1 Å². The number of piperazine rings is 1. The van der Waals surface area contributed by atoms with Gasteiger partial charge in [0.05, 0.1) is 7.11 Å². The van der Waals surface area contributed by atoms with Gasteiger partial charge in [-0.1, -0.05) is 6.92 Å². The van der Waals surface area contributed by atoms with Crippen molar-refractivity contribution in [2.45, 2.75) is 26.3 Å². The fourth-order valence-electron chi connectivity index (χ4n) is 2.49. The van der Waals surface area contributed by atoms with Gasteiger partial charge in [-0.05, 0) is 37.6 Å². The molecule has 1 aromatic rings. The maximum Gasteiger partial charge on any atom is 0.312 e. The number of hydrogen-bond acceptors (Lipinski definition) is 4. The third-order valence-electron chi connectivity index (χ3n) is 4.19. The third kappa shape index (κ3) is 4.37. The maximum absolute atomic E-state index is 12.2. The number of amides is 2. The van der Waals surface area contributed by atoms with Crippen LogP contribution in [0.1, 0.15) is 20.3 Å². The van der Waals surface area contributed by atoms with Crippen LogP contribution in [0.5, 0.6) is 5.75 Å². The van der Waals surface area contributed by atoms with Crippen molar-refractivity contribution in [2.75, 3.05) is 38.2 Å². The summed E-state index contributed by atoms with van der Waals surface area (Å²) in [6.45, 7) is 6.41. The summed E-state index contributed by atoms with van der Waals surface area (Å²) < 4.78 is 5.16. The highest BCUT2D eigenvalue weighted by Gasteiger charge is 2.26. The van der Waals surface area contributed by atoms with E-state index >= 15 is 0 Å². The Labute approximate surface area is 137 Å². The molecule has 0 saturated carbocycles. The lowest BCUT2D eigenvalue weighted by Gasteiger charge is -2.35. The van der Waals surface area contributed by atoms with Crippen LogP contribution in [0.25, 0.3) is 0 Å². The zero-order valence-corrected chi connectivity index (χ0v) is 14.0. The van der Waals surface area contributed by atoms with Gasteiger partial charge in [0.25, 0.3) is 0 Å². The minimum Gasteiger partial charge on any atom is -0.497 e. The van der Waals surface area contributed by atoms with E-state index in [9.17, 15) is 9.59 Å². The molecule has 0 aromatic heterocycles. The SMILES string of the molecule is CCC(C)NC(=O)C(=O)N1CCN(c2ccc(OC)cc2)CC1. The lowest BCUT2D eigenvalue weighted by molar-refractivity contribution is -0.146. The molecule has 1 aromatic carbocycles. The van der Waals surface area contributed by atoms with Crippen LogP contribution in [0.15, 0.2) is 24.3 Å². The Kier molecular flexibility index (Phi) is 5.84. The molecule has 126 valence electrons. The van der Waals surface area contributed by atoms with Gasteiger partial charge in [0.15, 0.2) is 0 Å². The molecular weight excluding hydrogens is 294 g/mol. The topological polar surface area (TPSA) is 61.9 Å². The largest absolute Gasteiger partial charge is 0.497 e. The minimum atomic E-state index is -0.503. The Morgan fingerprint density at radius 1 is 1.17 bits per heavy atom. The number of anilines is 1. The number of carbonyl (C=O) groups is 2. The van der Waals surface area contributed by atoms with Crippen molar-refractivity contribution in [3.05, 3.63) is 24.3 Å². The molecule has 1 N–H and O–H groups in total. The molecule has 23 heavy (non-hydrogen) atoms. The summed E-state index contributed by atoms with van der Waals surface area (Å²) >= 11 is 0. The molecule has 6 nitrogen and oxygen atoms in total. The van der Waals surface area contributed by atoms with Crippen LogP contribution in [0.2, 0.25) is 0 Å². The van der Waals surface area contributed by atoms with Gasteiger partial charge < -0.3 is 19.9 Å². The van der Waals surface area contributed by atoms with Gasteiger partial charge >= 0.3 is 11.8 Å². The molecule has 1 fully saturated rings. The number of hydrogen-bond donors (Lipinski definition) is 1.